The largest absolute Gasteiger partial charge is 0.423 e. The number of ether oxygens (including phenoxy) is 1. The van der Waals surface area contributed by atoms with Gasteiger partial charge >= 0.3 is 6.01 Å². The van der Waals surface area contributed by atoms with Crippen molar-refractivity contribution in [3.05, 3.63) is 53.7 Å². The van der Waals surface area contributed by atoms with Gasteiger partial charge in [-0.1, -0.05) is 0 Å². The predicted molar refractivity (Wildman–Crippen MR) is 128 cm³/mol. The fourth-order valence-electron chi connectivity index (χ4n) is 5.80. The van der Waals surface area contributed by atoms with Crippen molar-refractivity contribution in [1.29, 1.82) is 0 Å². The normalized spacial score (nSPS) is 22.3. The highest BCUT2D eigenvalue weighted by Crippen LogP contribution is 2.48. The van der Waals surface area contributed by atoms with Crippen LogP contribution in [-0.2, 0) is 6.42 Å². The Labute approximate surface area is 195 Å². The van der Waals surface area contributed by atoms with Crippen LogP contribution in [0.4, 0.5) is 15.9 Å². The second kappa shape index (κ2) is 7.14. The van der Waals surface area contributed by atoms with E-state index in [4.69, 9.17) is 20.4 Å². The Kier molecular flexibility index (Phi) is 4.14. The number of halogens is 1. The Balaban J connectivity index is 1.34. The van der Waals surface area contributed by atoms with Crippen LogP contribution in [-0.4, -0.2) is 46.1 Å². The van der Waals surface area contributed by atoms with Crippen molar-refractivity contribution in [3.63, 3.8) is 0 Å². The monoisotopic (exact) mass is 457 g/mol. The summed E-state index contributed by atoms with van der Waals surface area (Å²) in [5, 5.41) is 4.08. The van der Waals surface area contributed by atoms with Gasteiger partial charge in [-0.2, -0.15) is 9.97 Å². The molecule has 9 heteroatoms. The summed E-state index contributed by atoms with van der Waals surface area (Å²) in [5.74, 6) is 2.13. The molecule has 4 aromatic rings. The van der Waals surface area contributed by atoms with Crippen LogP contribution in [0.15, 0.2) is 36.7 Å². The third-order valence-corrected chi connectivity index (χ3v) is 7.54. The highest BCUT2D eigenvalue weighted by molar-refractivity contribution is 5.88. The van der Waals surface area contributed by atoms with E-state index in [-0.39, 0.29) is 17.9 Å². The molecule has 3 aromatic heterocycles. The van der Waals surface area contributed by atoms with Gasteiger partial charge in [0.2, 0.25) is 0 Å². The maximum atomic E-state index is 14.5. The first-order chi connectivity index (χ1) is 16.6. The Morgan fingerprint density at radius 2 is 2.15 bits per heavy atom. The van der Waals surface area contributed by atoms with Crippen LogP contribution in [0.25, 0.3) is 22.2 Å². The van der Waals surface area contributed by atoms with Crippen LogP contribution in [0, 0.1) is 17.7 Å². The molecule has 34 heavy (non-hydrogen) atoms. The number of fused-ring (bicyclic) bond motifs is 5. The molecule has 172 valence electrons. The molecule has 2 aliphatic carbocycles. The van der Waals surface area contributed by atoms with Gasteiger partial charge in [-0.25, -0.2) is 9.37 Å². The van der Waals surface area contributed by atoms with Crippen molar-refractivity contribution < 1.29 is 9.13 Å². The minimum Gasteiger partial charge on any atom is -0.423 e. The van der Waals surface area contributed by atoms with E-state index in [1.165, 1.54) is 6.07 Å². The number of nitrogens with one attached hydrogen (secondary N) is 2. The number of hydrogen-bond acceptors (Lipinski definition) is 7. The molecule has 7 rings (SSSR count). The van der Waals surface area contributed by atoms with Gasteiger partial charge in [-0.3, -0.25) is 0 Å². The van der Waals surface area contributed by atoms with Crippen molar-refractivity contribution in [2.24, 2.45) is 17.6 Å². The highest BCUT2D eigenvalue weighted by atomic mass is 19.1. The first-order valence-electron chi connectivity index (χ1n) is 11.6. The summed E-state index contributed by atoms with van der Waals surface area (Å²) in [7, 11) is 1.81. The maximum absolute atomic E-state index is 14.5. The number of nitrogens with zero attached hydrogens (tertiary/aromatic N) is 4. The summed E-state index contributed by atoms with van der Waals surface area (Å²) in [4.78, 5) is 19.4. The zero-order valence-corrected chi connectivity index (χ0v) is 18.7. The van der Waals surface area contributed by atoms with Crippen molar-refractivity contribution in [1.82, 2.24) is 19.9 Å². The first-order valence-corrected chi connectivity index (χ1v) is 11.6. The number of nitrogens with two attached hydrogens (primary N) is 1. The Bertz CT molecular complexity index is 1450. The molecule has 4 N–H and O–H groups in total. The fraction of sp³-hybridized carbons (Fsp3) is 0.320. The minimum absolute atomic E-state index is 0.236. The molecule has 1 saturated carbocycles. The van der Waals surface area contributed by atoms with Crippen molar-refractivity contribution in [3.8, 4) is 22.9 Å². The van der Waals surface area contributed by atoms with Crippen molar-refractivity contribution >= 4 is 22.5 Å². The van der Waals surface area contributed by atoms with Gasteiger partial charge < -0.3 is 25.7 Å². The van der Waals surface area contributed by atoms with Gasteiger partial charge in [0.05, 0.1) is 11.9 Å². The second-order valence-electron chi connectivity index (χ2n) is 9.47. The van der Waals surface area contributed by atoms with E-state index < -0.39 is 0 Å². The molecule has 0 spiro atoms. The van der Waals surface area contributed by atoms with E-state index in [1.807, 2.05) is 25.4 Å². The van der Waals surface area contributed by atoms with Crippen LogP contribution >= 0.6 is 0 Å². The topological polar surface area (TPSA) is 105 Å². The number of rotatable bonds is 4. The highest BCUT2D eigenvalue weighted by Gasteiger charge is 2.46. The summed E-state index contributed by atoms with van der Waals surface area (Å²) in [6.45, 7) is 1.73. The van der Waals surface area contributed by atoms with Crippen molar-refractivity contribution in [2.75, 3.05) is 30.4 Å². The zero-order chi connectivity index (χ0) is 23.0. The van der Waals surface area contributed by atoms with Crippen LogP contribution in [0.2, 0.25) is 0 Å². The van der Waals surface area contributed by atoms with Crippen LogP contribution < -0.4 is 20.7 Å². The van der Waals surface area contributed by atoms with E-state index in [9.17, 15) is 4.39 Å². The molecule has 1 aromatic carbocycles. The number of anilines is 2. The van der Waals surface area contributed by atoms with Crippen LogP contribution in [0.5, 0.6) is 11.8 Å². The lowest BCUT2D eigenvalue weighted by Crippen LogP contribution is -2.46. The van der Waals surface area contributed by atoms with Gasteiger partial charge in [-0.05, 0) is 53.6 Å². The number of aromatic amines is 1. The summed E-state index contributed by atoms with van der Waals surface area (Å²) in [6.07, 6.45) is 5.12. The lowest BCUT2D eigenvalue weighted by atomic mass is 9.72. The number of hydrogen-bond donors (Lipinski definition) is 3. The third-order valence-electron chi connectivity index (χ3n) is 7.54. The number of H-pyrrole nitrogens is 1. The number of aromatic nitrogens is 4. The number of pyridine rings is 1. The molecule has 3 aliphatic rings. The Hall–Kier alpha value is -3.72. The van der Waals surface area contributed by atoms with Gasteiger partial charge in [0, 0.05) is 55.4 Å². The first kappa shape index (κ1) is 19.7. The molecule has 8 nitrogen and oxygen atoms in total. The number of benzene rings is 1. The quantitative estimate of drug-likeness (QED) is 0.378. The van der Waals surface area contributed by atoms with E-state index in [0.717, 1.165) is 64.4 Å². The second-order valence-corrected chi connectivity index (χ2v) is 9.47. The van der Waals surface area contributed by atoms with Gasteiger partial charge in [-0.15, -0.1) is 0 Å². The predicted octanol–water partition coefficient (Wildman–Crippen LogP) is 3.68. The lowest BCUT2D eigenvalue weighted by Gasteiger charge is -2.36. The molecule has 3 atom stereocenters. The molecule has 4 heterocycles. The standard InChI is InChI=1S/C25H24FN7O/c1-28-20-7-14(26)6-17-16(20)8-21-22(17)24(33-10-13-5-19(27)18(13)11-33)32-25(31-21)34-15-4-12-2-3-29-23(12)30-9-15/h2-4,6-7,9,13,18-19,28H,5,8,10-11,27H2,1H3,(H,29,30). The Morgan fingerprint density at radius 3 is 2.97 bits per heavy atom. The fourth-order valence-corrected chi connectivity index (χ4v) is 5.80. The molecule has 0 radical (unpaired) electrons. The molecule has 3 unspecified atom stereocenters. The maximum Gasteiger partial charge on any atom is 0.324 e. The molecule has 1 saturated heterocycles. The minimum atomic E-state index is -0.281. The van der Waals surface area contributed by atoms with Gasteiger partial charge in [0.25, 0.3) is 0 Å². The zero-order valence-electron chi connectivity index (χ0n) is 18.7. The summed E-state index contributed by atoms with van der Waals surface area (Å²) in [6, 6.07) is 7.48. The Morgan fingerprint density at radius 1 is 1.24 bits per heavy atom. The van der Waals surface area contributed by atoms with E-state index in [1.54, 1.807) is 12.3 Å². The van der Waals surface area contributed by atoms with Crippen LogP contribution in [0.1, 0.15) is 17.7 Å². The molecule has 1 aliphatic heterocycles. The molecular formula is C25H24FN7O. The third kappa shape index (κ3) is 2.89. The summed E-state index contributed by atoms with van der Waals surface area (Å²) in [5.41, 5.74) is 11.4. The van der Waals surface area contributed by atoms with E-state index >= 15 is 0 Å². The van der Waals surface area contributed by atoms with E-state index in [0.29, 0.717) is 24.0 Å². The molecule has 2 fully saturated rings. The van der Waals surface area contributed by atoms with Crippen molar-refractivity contribution in [2.45, 2.75) is 18.9 Å². The molecular weight excluding hydrogens is 433 g/mol. The average molecular weight is 458 g/mol. The molecule has 0 bridgehead atoms. The molecule has 0 amide bonds. The SMILES string of the molecule is CNc1cc(F)cc2c1Cc1nc(Oc3cnc4[nH]ccc4c3)nc(N3CC4CC(N)C4C3)c1-2. The average Bonchev–Trinajstić information content (AvgIpc) is 3.52. The van der Waals surface area contributed by atoms with Gasteiger partial charge in [0.1, 0.15) is 23.0 Å². The summed E-state index contributed by atoms with van der Waals surface area (Å²) >= 11 is 0. The van der Waals surface area contributed by atoms with Crippen LogP contribution in [0.3, 0.4) is 0 Å². The van der Waals surface area contributed by atoms with Gasteiger partial charge in [0.15, 0.2) is 0 Å². The van der Waals surface area contributed by atoms with E-state index in [2.05, 4.69) is 20.2 Å². The smallest absolute Gasteiger partial charge is 0.324 e. The summed E-state index contributed by atoms with van der Waals surface area (Å²) < 4.78 is 20.6. The lowest BCUT2D eigenvalue weighted by molar-refractivity contribution is 0.194.